The van der Waals surface area contributed by atoms with E-state index in [-0.39, 0.29) is 0 Å². The molecule has 1 atom stereocenters. The zero-order valence-electron chi connectivity index (χ0n) is 11.7. The molecule has 3 rings (SSSR count). The molecule has 0 aromatic heterocycles. The lowest BCUT2D eigenvalue weighted by Gasteiger charge is -2.36. The highest BCUT2D eigenvalue weighted by Crippen LogP contribution is 2.32. The van der Waals surface area contributed by atoms with Gasteiger partial charge in [0.05, 0.1) is 5.60 Å². The molecular weight excluding hydrogens is 224 g/mol. The van der Waals surface area contributed by atoms with Crippen molar-refractivity contribution in [2.75, 3.05) is 19.6 Å². The number of likely N-dealkylation sites (tertiary alicyclic amines) is 1. The molecule has 1 heterocycles. The van der Waals surface area contributed by atoms with E-state index in [4.69, 9.17) is 0 Å². The predicted molar refractivity (Wildman–Crippen MR) is 73.6 cm³/mol. The third kappa shape index (κ3) is 3.06. The molecule has 0 spiro atoms. The average molecular weight is 252 g/mol. The molecule has 3 fully saturated rings. The van der Waals surface area contributed by atoms with E-state index in [1.165, 1.54) is 45.2 Å². The van der Waals surface area contributed by atoms with Gasteiger partial charge < -0.3 is 10.4 Å². The third-order valence-corrected chi connectivity index (χ3v) is 5.21. The van der Waals surface area contributed by atoms with Crippen LogP contribution in [0.2, 0.25) is 0 Å². The van der Waals surface area contributed by atoms with E-state index in [2.05, 4.69) is 17.1 Å². The van der Waals surface area contributed by atoms with Crippen molar-refractivity contribution < 1.29 is 5.11 Å². The fraction of sp³-hybridized carbons (Fsp3) is 1.00. The van der Waals surface area contributed by atoms with E-state index in [0.29, 0.717) is 6.04 Å². The Morgan fingerprint density at radius 3 is 2.56 bits per heavy atom. The van der Waals surface area contributed by atoms with Crippen molar-refractivity contribution >= 4 is 0 Å². The van der Waals surface area contributed by atoms with Crippen LogP contribution in [0.5, 0.6) is 0 Å². The Labute approximate surface area is 111 Å². The zero-order chi connectivity index (χ0) is 12.6. The number of rotatable bonds is 4. The van der Waals surface area contributed by atoms with E-state index < -0.39 is 5.60 Å². The van der Waals surface area contributed by atoms with Crippen LogP contribution in [0.1, 0.15) is 51.9 Å². The molecule has 0 aromatic carbocycles. The largest absolute Gasteiger partial charge is 0.389 e. The van der Waals surface area contributed by atoms with Gasteiger partial charge in [0.1, 0.15) is 0 Å². The van der Waals surface area contributed by atoms with E-state index in [9.17, 15) is 5.11 Å². The molecule has 2 saturated carbocycles. The van der Waals surface area contributed by atoms with Gasteiger partial charge in [-0.15, -0.1) is 0 Å². The molecule has 3 nitrogen and oxygen atoms in total. The summed E-state index contributed by atoms with van der Waals surface area (Å²) in [6.07, 6.45) is 8.45. The molecule has 0 bridgehead atoms. The maximum absolute atomic E-state index is 10.6. The molecule has 3 aliphatic rings. The molecule has 0 amide bonds. The summed E-state index contributed by atoms with van der Waals surface area (Å²) in [5.74, 6) is 0.808. The number of hydrogen-bond donors (Lipinski definition) is 2. The fourth-order valence-corrected chi connectivity index (χ4v) is 3.54. The van der Waals surface area contributed by atoms with Gasteiger partial charge in [0.2, 0.25) is 0 Å². The Balaban J connectivity index is 1.41. The molecule has 104 valence electrons. The lowest BCUT2D eigenvalue weighted by molar-refractivity contribution is -0.00795. The van der Waals surface area contributed by atoms with Gasteiger partial charge in [-0.05, 0) is 50.9 Å². The first-order chi connectivity index (χ1) is 8.65. The highest BCUT2D eigenvalue weighted by atomic mass is 16.3. The number of hydrogen-bond acceptors (Lipinski definition) is 3. The van der Waals surface area contributed by atoms with Gasteiger partial charge in [0.25, 0.3) is 0 Å². The molecule has 2 N–H and O–H groups in total. The van der Waals surface area contributed by atoms with Crippen LogP contribution in [-0.4, -0.2) is 47.3 Å². The summed E-state index contributed by atoms with van der Waals surface area (Å²) in [6.45, 7) is 5.58. The van der Waals surface area contributed by atoms with Gasteiger partial charge in [-0.25, -0.2) is 0 Å². The van der Waals surface area contributed by atoms with Crippen molar-refractivity contribution in [2.24, 2.45) is 5.92 Å². The van der Waals surface area contributed by atoms with Gasteiger partial charge in [0, 0.05) is 31.7 Å². The van der Waals surface area contributed by atoms with Crippen LogP contribution < -0.4 is 5.32 Å². The van der Waals surface area contributed by atoms with Crippen LogP contribution in [0, 0.1) is 5.92 Å². The van der Waals surface area contributed by atoms with Crippen molar-refractivity contribution in [1.82, 2.24) is 10.2 Å². The summed E-state index contributed by atoms with van der Waals surface area (Å²) in [4.78, 5) is 2.63. The maximum atomic E-state index is 10.6. The highest BCUT2D eigenvalue weighted by molar-refractivity contribution is 4.94. The van der Waals surface area contributed by atoms with Crippen LogP contribution in [0.25, 0.3) is 0 Å². The van der Waals surface area contributed by atoms with Gasteiger partial charge in [-0.2, -0.15) is 0 Å². The molecule has 1 saturated heterocycles. The molecule has 3 heteroatoms. The Kier molecular flexibility index (Phi) is 3.65. The Morgan fingerprint density at radius 1 is 1.17 bits per heavy atom. The van der Waals surface area contributed by atoms with Crippen molar-refractivity contribution in [2.45, 2.75) is 69.6 Å². The van der Waals surface area contributed by atoms with E-state index in [1.807, 2.05) is 0 Å². The molecule has 0 aromatic rings. The summed E-state index contributed by atoms with van der Waals surface area (Å²) < 4.78 is 0. The lowest BCUT2D eigenvalue weighted by atomic mass is 9.79. The predicted octanol–water partition coefficient (Wildman–Crippen LogP) is 1.75. The van der Waals surface area contributed by atoms with Crippen LogP contribution in [-0.2, 0) is 0 Å². The summed E-state index contributed by atoms with van der Waals surface area (Å²) in [5, 5.41) is 14.2. The van der Waals surface area contributed by atoms with Crippen molar-refractivity contribution in [1.29, 1.82) is 0 Å². The lowest BCUT2D eigenvalue weighted by Crippen LogP contribution is -2.47. The molecule has 0 radical (unpaired) electrons. The minimum Gasteiger partial charge on any atom is -0.389 e. The maximum Gasteiger partial charge on any atom is 0.0771 e. The summed E-state index contributed by atoms with van der Waals surface area (Å²) in [7, 11) is 0. The second kappa shape index (κ2) is 5.10. The van der Waals surface area contributed by atoms with Crippen molar-refractivity contribution in [3.05, 3.63) is 0 Å². The van der Waals surface area contributed by atoms with Gasteiger partial charge in [-0.3, -0.25) is 4.90 Å². The molecular formula is C15H28N2O. The smallest absolute Gasteiger partial charge is 0.0771 e. The van der Waals surface area contributed by atoms with Crippen LogP contribution in [0.15, 0.2) is 0 Å². The van der Waals surface area contributed by atoms with Crippen LogP contribution >= 0.6 is 0 Å². The van der Waals surface area contributed by atoms with E-state index in [1.54, 1.807) is 0 Å². The summed E-state index contributed by atoms with van der Waals surface area (Å²) in [5.41, 5.74) is -0.417. The molecule has 2 aliphatic carbocycles. The Bertz CT molecular complexity index is 282. The van der Waals surface area contributed by atoms with Gasteiger partial charge >= 0.3 is 0 Å². The molecule has 18 heavy (non-hydrogen) atoms. The Morgan fingerprint density at radius 2 is 1.89 bits per heavy atom. The zero-order valence-corrected chi connectivity index (χ0v) is 11.7. The van der Waals surface area contributed by atoms with Crippen molar-refractivity contribution in [3.8, 4) is 0 Å². The number of nitrogens with zero attached hydrogens (tertiary/aromatic N) is 1. The summed E-state index contributed by atoms with van der Waals surface area (Å²) >= 11 is 0. The molecule has 1 aliphatic heterocycles. The monoisotopic (exact) mass is 252 g/mol. The van der Waals surface area contributed by atoms with E-state index >= 15 is 0 Å². The minimum absolute atomic E-state index is 0.417. The number of nitrogens with one attached hydrogen (secondary N) is 1. The topological polar surface area (TPSA) is 35.5 Å². The third-order valence-electron chi connectivity index (χ3n) is 5.21. The Hall–Kier alpha value is -0.120. The first-order valence-electron chi connectivity index (χ1n) is 7.84. The number of aliphatic hydroxyl groups is 1. The fourth-order valence-electron chi connectivity index (χ4n) is 3.54. The van der Waals surface area contributed by atoms with Crippen molar-refractivity contribution in [3.63, 3.8) is 0 Å². The second-order valence-electron chi connectivity index (χ2n) is 7.00. The quantitative estimate of drug-likeness (QED) is 0.800. The standard InChI is InChI=1S/C15H28N2O/c1-12-4-7-15(18,8-5-12)11-16-13-6-9-17(10-13)14-2-3-14/h12-14,16,18H,2-11H2,1H3. The molecule has 1 unspecified atom stereocenters. The van der Waals surface area contributed by atoms with Crippen LogP contribution in [0.3, 0.4) is 0 Å². The van der Waals surface area contributed by atoms with Gasteiger partial charge in [0.15, 0.2) is 0 Å². The first-order valence-corrected chi connectivity index (χ1v) is 7.84. The SMILES string of the molecule is CC1CCC(O)(CNC2CCN(C3CC3)C2)CC1. The van der Waals surface area contributed by atoms with Gasteiger partial charge in [-0.1, -0.05) is 6.92 Å². The average Bonchev–Trinajstić information content (AvgIpc) is 3.11. The normalized spacial score (nSPS) is 42.3. The highest BCUT2D eigenvalue weighted by Gasteiger charge is 2.36. The first kappa shape index (κ1) is 12.9. The van der Waals surface area contributed by atoms with Crippen LogP contribution in [0.4, 0.5) is 0 Å². The minimum atomic E-state index is -0.417. The second-order valence-corrected chi connectivity index (χ2v) is 7.00. The van der Waals surface area contributed by atoms with E-state index in [0.717, 1.165) is 31.3 Å². The summed E-state index contributed by atoms with van der Waals surface area (Å²) in [6, 6.07) is 1.52.